The standard InChI is InChI=1S/C22H26FN3O3/c23-20-6-5-18(29-17-3-1-15(2-4-17)7-8-24)9-19(20)21(28)26-11-16-10-25-12-22(16,13-26)14-27/h1-6,9,16,25,27H,7-8,10-14,24H2/t16-,22+/m0/s1. The maximum Gasteiger partial charge on any atom is 0.256 e. The molecule has 1 amide bonds. The molecule has 0 bridgehead atoms. The first-order chi connectivity index (χ1) is 14.0. The second-order valence-electron chi connectivity index (χ2n) is 7.96. The van der Waals surface area contributed by atoms with Gasteiger partial charge in [-0.3, -0.25) is 4.79 Å². The zero-order valence-corrected chi connectivity index (χ0v) is 16.2. The summed E-state index contributed by atoms with van der Waals surface area (Å²) in [5.74, 6) is 0.254. The summed E-state index contributed by atoms with van der Waals surface area (Å²) >= 11 is 0. The number of halogens is 1. The molecule has 4 rings (SSSR count). The van der Waals surface area contributed by atoms with Gasteiger partial charge in [0.1, 0.15) is 17.3 Å². The second kappa shape index (κ2) is 8.10. The van der Waals surface area contributed by atoms with Crippen LogP contribution in [-0.2, 0) is 6.42 Å². The summed E-state index contributed by atoms with van der Waals surface area (Å²) in [6, 6.07) is 11.7. The first-order valence-electron chi connectivity index (χ1n) is 9.92. The molecule has 2 aromatic rings. The summed E-state index contributed by atoms with van der Waals surface area (Å²) in [5.41, 5.74) is 6.33. The summed E-state index contributed by atoms with van der Waals surface area (Å²) in [4.78, 5) is 14.6. The number of nitrogens with two attached hydrogens (primary N) is 1. The number of aliphatic hydroxyl groups is 1. The van der Waals surface area contributed by atoms with Crippen molar-refractivity contribution in [1.82, 2.24) is 10.2 Å². The molecule has 7 heteroatoms. The number of fused-ring (bicyclic) bond motifs is 1. The van der Waals surface area contributed by atoms with Crippen LogP contribution in [0.5, 0.6) is 11.5 Å². The third kappa shape index (κ3) is 3.85. The van der Waals surface area contributed by atoms with Gasteiger partial charge in [0.25, 0.3) is 5.91 Å². The van der Waals surface area contributed by atoms with Crippen molar-refractivity contribution in [3.05, 3.63) is 59.4 Å². The van der Waals surface area contributed by atoms with Crippen LogP contribution in [0.3, 0.4) is 0 Å². The van der Waals surface area contributed by atoms with Crippen LogP contribution in [0.2, 0.25) is 0 Å². The lowest BCUT2D eigenvalue weighted by Gasteiger charge is -2.25. The molecular weight excluding hydrogens is 373 g/mol. The van der Waals surface area contributed by atoms with Gasteiger partial charge in [0.05, 0.1) is 12.2 Å². The summed E-state index contributed by atoms with van der Waals surface area (Å²) in [7, 11) is 0. The SMILES string of the molecule is NCCc1ccc(Oc2ccc(F)c(C(=O)N3C[C@@H]4CNC[C@]4(CO)C3)c2)cc1. The van der Waals surface area contributed by atoms with Crippen LogP contribution in [0.4, 0.5) is 4.39 Å². The quantitative estimate of drug-likeness (QED) is 0.689. The number of nitrogens with one attached hydrogen (secondary N) is 1. The van der Waals surface area contributed by atoms with Gasteiger partial charge in [-0.25, -0.2) is 4.39 Å². The molecule has 29 heavy (non-hydrogen) atoms. The lowest BCUT2D eigenvalue weighted by atomic mass is 9.82. The second-order valence-corrected chi connectivity index (χ2v) is 7.96. The lowest BCUT2D eigenvalue weighted by Crippen LogP contribution is -2.38. The Morgan fingerprint density at radius 3 is 2.72 bits per heavy atom. The predicted molar refractivity (Wildman–Crippen MR) is 107 cm³/mol. The van der Waals surface area contributed by atoms with Gasteiger partial charge in [0, 0.05) is 31.6 Å². The average molecular weight is 399 g/mol. The Kier molecular flexibility index (Phi) is 5.54. The Hall–Kier alpha value is -2.48. The van der Waals surface area contributed by atoms with E-state index in [0.717, 1.165) is 18.5 Å². The van der Waals surface area contributed by atoms with Gasteiger partial charge in [0.2, 0.25) is 0 Å². The molecule has 2 aliphatic heterocycles. The van der Waals surface area contributed by atoms with Crippen molar-refractivity contribution in [1.29, 1.82) is 0 Å². The molecule has 0 saturated carbocycles. The fraction of sp³-hybridized carbons (Fsp3) is 0.409. The monoisotopic (exact) mass is 399 g/mol. The van der Waals surface area contributed by atoms with Gasteiger partial charge in [-0.1, -0.05) is 12.1 Å². The van der Waals surface area contributed by atoms with Crippen molar-refractivity contribution in [2.45, 2.75) is 6.42 Å². The summed E-state index contributed by atoms with van der Waals surface area (Å²) in [5, 5.41) is 13.1. The Bertz CT molecular complexity index is 889. The van der Waals surface area contributed by atoms with Crippen LogP contribution in [-0.4, -0.2) is 55.2 Å². The maximum atomic E-state index is 14.4. The minimum atomic E-state index is -0.575. The number of benzene rings is 2. The highest BCUT2D eigenvalue weighted by atomic mass is 19.1. The maximum absolute atomic E-state index is 14.4. The molecule has 2 atom stereocenters. The zero-order chi connectivity index (χ0) is 20.4. The Morgan fingerprint density at radius 1 is 1.28 bits per heavy atom. The van der Waals surface area contributed by atoms with Crippen molar-refractivity contribution in [2.75, 3.05) is 39.3 Å². The number of nitrogens with zero attached hydrogens (tertiary/aromatic N) is 1. The normalized spacial score (nSPS) is 23.3. The number of aliphatic hydroxyl groups excluding tert-OH is 1. The van der Waals surface area contributed by atoms with Gasteiger partial charge in [-0.15, -0.1) is 0 Å². The molecule has 154 valence electrons. The summed E-state index contributed by atoms with van der Waals surface area (Å²) < 4.78 is 20.3. The number of amides is 1. The molecule has 6 nitrogen and oxygen atoms in total. The molecular formula is C22H26FN3O3. The van der Waals surface area contributed by atoms with E-state index in [1.165, 1.54) is 18.2 Å². The van der Waals surface area contributed by atoms with E-state index in [0.29, 0.717) is 37.7 Å². The van der Waals surface area contributed by atoms with Crippen molar-refractivity contribution in [3.8, 4) is 11.5 Å². The van der Waals surface area contributed by atoms with Crippen molar-refractivity contribution in [2.24, 2.45) is 17.1 Å². The van der Waals surface area contributed by atoms with Crippen molar-refractivity contribution >= 4 is 5.91 Å². The molecule has 4 N–H and O–H groups in total. The third-order valence-corrected chi connectivity index (χ3v) is 6.04. The molecule has 0 aromatic heterocycles. The molecule has 0 aliphatic carbocycles. The largest absolute Gasteiger partial charge is 0.457 e. The lowest BCUT2D eigenvalue weighted by molar-refractivity contribution is 0.0740. The van der Waals surface area contributed by atoms with E-state index < -0.39 is 5.82 Å². The van der Waals surface area contributed by atoms with Gasteiger partial charge in [0.15, 0.2) is 0 Å². The first kappa shape index (κ1) is 19.8. The summed E-state index contributed by atoms with van der Waals surface area (Å²) in [6.45, 7) is 2.96. The summed E-state index contributed by atoms with van der Waals surface area (Å²) in [6.07, 6.45) is 0.789. The first-order valence-corrected chi connectivity index (χ1v) is 9.92. The predicted octanol–water partition coefficient (Wildman–Crippen LogP) is 1.77. The van der Waals surface area contributed by atoms with E-state index >= 15 is 0 Å². The molecule has 0 unspecified atom stereocenters. The van der Waals surface area contributed by atoms with E-state index in [2.05, 4.69) is 5.32 Å². The minimum absolute atomic E-state index is 0.0109. The topological polar surface area (TPSA) is 87.8 Å². The number of rotatable bonds is 6. The minimum Gasteiger partial charge on any atom is -0.457 e. The van der Waals surface area contributed by atoms with Crippen LogP contribution >= 0.6 is 0 Å². The molecule has 2 saturated heterocycles. The third-order valence-electron chi connectivity index (χ3n) is 6.04. The van der Waals surface area contributed by atoms with Crippen LogP contribution in [0.15, 0.2) is 42.5 Å². The van der Waals surface area contributed by atoms with Crippen LogP contribution < -0.4 is 15.8 Å². The van der Waals surface area contributed by atoms with Gasteiger partial charge < -0.3 is 25.8 Å². The van der Waals surface area contributed by atoms with Gasteiger partial charge in [-0.2, -0.15) is 0 Å². The van der Waals surface area contributed by atoms with E-state index in [4.69, 9.17) is 10.5 Å². The number of likely N-dealkylation sites (tertiary alicyclic amines) is 1. The van der Waals surface area contributed by atoms with Gasteiger partial charge in [-0.05, 0) is 54.8 Å². The number of hydrogen-bond donors (Lipinski definition) is 3. The number of carbonyl (C=O) groups is 1. The van der Waals surface area contributed by atoms with Crippen molar-refractivity contribution in [3.63, 3.8) is 0 Å². The molecule has 0 spiro atoms. The van der Waals surface area contributed by atoms with Gasteiger partial charge >= 0.3 is 0 Å². The highest BCUT2D eigenvalue weighted by Gasteiger charge is 2.50. The molecule has 2 fully saturated rings. The highest BCUT2D eigenvalue weighted by molar-refractivity contribution is 5.95. The molecule has 2 aliphatic rings. The van der Waals surface area contributed by atoms with E-state index in [1.807, 2.05) is 24.3 Å². The Balaban J connectivity index is 1.50. The van der Waals surface area contributed by atoms with Crippen LogP contribution in [0.1, 0.15) is 15.9 Å². The van der Waals surface area contributed by atoms with Crippen LogP contribution in [0, 0.1) is 17.2 Å². The fourth-order valence-electron chi connectivity index (χ4n) is 4.33. The fourth-order valence-corrected chi connectivity index (χ4v) is 4.33. The number of carbonyl (C=O) groups excluding carboxylic acids is 1. The molecule has 2 aromatic carbocycles. The van der Waals surface area contributed by atoms with Crippen molar-refractivity contribution < 1.29 is 19.0 Å². The Labute approximate surface area is 169 Å². The average Bonchev–Trinajstić information content (AvgIpc) is 3.28. The van der Waals surface area contributed by atoms with E-state index in [9.17, 15) is 14.3 Å². The Morgan fingerprint density at radius 2 is 2.03 bits per heavy atom. The highest BCUT2D eigenvalue weighted by Crippen LogP contribution is 2.39. The van der Waals surface area contributed by atoms with E-state index in [1.54, 1.807) is 4.90 Å². The molecule has 0 radical (unpaired) electrons. The smallest absolute Gasteiger partial charge is 0.256 e. The number of hydrogen-bond acceptors (Lipinski definition) is 5. The number of ether oxygens (including phenoxy) is 1. The molecule has 2 heterocycles. The van der Waals surface area contributed by atoms with E-state index in [-0.39, 0.29) is 29.4 Å². The zero-order valence-electron chi connectivity index (χ0n) is 16.2. The van der Waals surface area contributed by atoms with Crippen LogP contribution in [0.25, 0.3) is 0 Å².